The summed E-state index contributed by atoms with van der Waals surface area (Å²) in [7, 11) is 5.59. The number of nitrogens with one attached hydrogen (secondary N) is 1. The summed E-state index contributed by atoms with van der Waals surface area (Å²) in [5.41, 5.74) is 5.41. The van der Waals surface area contributed by atoms with Gasteiger partial charge in [-0.05, 0) is 42.3 Å². The molecule has 0 bridgehead atoms. The van der Waals surface area contributed by atoms with Crippen molar-refractivity contribution in [2.45, 2.75) is 6.42 Å². The van der Waals surface area contributed by atoms with E-state index in [2.05, 4.69) is 5.32 Å². The zero-order valence-corrected chi connectivity index (χ0v) is 15.4. The summed E-state index contributed by atoms with van der Waals surface area (Å²) in [6.07, 6.45) is 2.65. The molecule has 1 aliphatic rings. The molecular weight excluding hydrogens is 336 g/mol. The first-order valence-corrected chi connectivity index (χ1v) is 8.64. The molecule has 130 valence electrons. The van der Waals surface area contributed by atoms with Crippen LogP contribution >= 0.6 is 11.6 Å². The van der Waals surface area contributed by atoms with Crippen LogP contribution in [-0.4, -0.2) is 33.0 Å². The SMILES string of the molecule is COc1cc(N(C)C)ccc1C=C1C(=O)Nc2ccc(CCCl)cc21. The van der Waals surface area contributed by atoms with Gasteiger partial charge in [-0.1, -0.05) is 6.07 Å². The van der Waals surface area contributed by atoms with Gasteiger partial charge >= 0.3 is 0 Å². The van der Waals surface area contributed by atoms with Crippen molar-refractivity contribution in [3.8, 4) is 5.75 Å². The molecule has 1 aliphatic heterocycles. The molecule has 5 heteroatoms. The Kier molecular flexibility index (Phi) is 5.00. The van der Waals surface area contributed by atoms with Gasteiger partial charge in [0.2, 0.25) is 0 Å². The molecule has 1 amide bonds. The molecule has 4 nitrogen and oxygen atoms in total. The van der Waals surface area contributed by atoms with E-state index in [0.29, 0.717) is 11.5 Å². The number of benzene rings is 2. The van der Waals surface area contributed by atoms with E-state index in [1.165, 1.54) is 0 Å². The maximum atomic E-state index is 12.4. The molecule has 0 aromatic heterocycles. The van der Waals surface area contributed by atoms with Gasteiger partial charge in [0.05, 0.1) is 7.11 Å². The van der Waals surface area contributed by atoms with Crippen LogP contribution in [0, 0.1) is 0 Å². The molecule has 0 radical (unpaired) electrons. The van der Waals surface area contributed by atoms with Crippen LogP contribution in [0.25, 0.3) is 11.6 Å². The number of anilines is 2. The van der Waals surface area contributed by atoms with Crippen molar-refractivity contribution in [1.29, 1.82) is 0 Å². The summed E-state index contributed by atoms with van der Waals surface area (Å²) < 4.78 is 5.51. The lowest BCUT2D eigenvalue weighted by atomic mass is 10.0. The van der Waals surface area contributed by atoms with Crippen LogP contribution in [0.3, 0.4) is 0 Å². The van der Waals surface area contributed by atoms with E-state index in [-0.39, 0.29) is 5.91 Å². The molecule has 25 heavy (non-hydrogen) atoms. The highest BCUT2D eigenvalue weighted by atomic mass is 35.5. The molecule has 2 aromatic carbocycles. The molecule has 0 aliphatic carbocycles. The Morgan fingerprint density at radius 2 is 2.00 bits per heavy atom. The summed E-state index contributed by atoms with van der Waals surface area (Å²) >= 11 is 5.84. The number of halogens is 1. The van der Waals surface area contributed by atoms with Crippen LogP contribution < -0.4 is 15.0 Å². The van der Waals surface area contributed by atoms with Crippen molar-refractivity contribution in [2.24, 2.45) is 0 Å². The van der Waals surface area contributed by atoms with Crippen LogP contribution in [0.5, 0.6) is 5.75 Å². The van der Waals surface area contributed by atoms with Gasteiger partial charge < -0.3 is 15.0 Å². The van der Waals surface area contributed by atoms with Gasteiger partial charge in [-0.25, -0.2) is 0 Å². The van der Waals surface area contributed by atoms with Gasteiger partial charge in [0, 0.05) is 54.1 Å². The Morgan fingerprint density at radius 1 is 1.20 bits per heavy atom. The third-order valence-electron chi connectivity index (χ3n) is 4.28. The summed E-state index contributed by atoms with van der Waals surface area (Å²) in [5.74, 6) is 1.19. The van der Waals surface area contributed by atoms with E-state index in [9.17, 15) is 4.79 Å². The van der Waals surface area contributed by atoms with Crippen molar-refractivity contribution < 1.29 is 9.53 Å². The van der Waals surface area contributed by atoms with Gasteiger partial charge in [0.1, 0.15) is 5.75 Å². The van der Waals surface area contributed by atoms with Gasteiger partial charge in [-0.2, -0.15) is 0 Å². The number of fused-ring (bicyclic) bond motifs is 1. The quantitative estimate of drug-likeness (QED) is 0.649. The molecule has 1 N–H and O–H groups in total. The van der Waals surface area contributed by atoms with Crippen molar-refractivity contribution in [3.63, 3.8) is 0 Å². The van der Waals surface area contributed by atoms with E-state index < -0.39 is 0 Å². The molecule has 0 spiro atoms. The molecule has 3 rings (SSSR count). The fourth-order valence-corrected chi connectivity index (χ4v) is 3.11. The first kappa shape index (κ1) is 17.4. The topological polar surface area (TPSA) is 41.6 Å². The van der Waals surface area contributed by atoms with E-state index in [0.717, 1.165) is 40.2 Å². The lowest BCUT2D eigenvalue weighted by molar-refractivity contribution is -0.110. The highest BCUT2D eigenvalue weighted by molar-refractivity contribution is 6.35. The minimum Gasteiger partial charge on any atom is -0.496 e. The molecule has 2 aromatic rings. The van der Waals surface area contributed by atoms with Crippen molar-refractivity contribution >= 4 is 40.5 Å². The highest BCUT2D eigenvalue weighted by Gasteiger charge is 2.24. The Bertz CT molecular complexity index is 844. The minimum atomic E-state index is -0.100. The third-order valence-corrected chi connectivity index (χ3v) is 4.47. The van der Waals surface area contributed by atoms with Crippen molar-refractivity contribution in [1.82, 2.24) is 0 Å². The van der Waals surface area contributed by atoms with Gasteiger partial charge in [-0.3, -0.25) is 4.79 Å². The average molecular weight is 357 g/mol. The summed E-state index contributed by atoms with van der Waals surface area (Å²) in [6, 6.07) is 11.9. The summed E-state index contributed by atoms with van der Waals surface area (Å²) in [6.45, 7) is 0. The maximum Gasteiger partial charge on any atom is 0.256 e. The monoisotopic (exact) mass is 356 g/mol. The number of ether oxygens (including phenoxy) is 1. The van der Waals surface area contributed by atoms with Crippen LogP contribution in [0.15, 0.2) is 36.4 Å². The molecule has 0 atom stereocenters. The molecule has 0 saturated carbocycles. The van der Waals surface area contributed by atoms with E-state index in [4.69, 9.17) is 16.3 Å². The number of nitrogens with zero attached hydrogens (tertiary/aromatic N) is 1. The highest BCUT2D eigenvalue weighted by Crippen LogP contribution is 2.36. The fourth-order valence-electron chi connectivity index (χ4n) is 2.90. The number of alkyl halides is 1. The Morgan fingerprint density at radius 3 is 2.68 bits per heavy atom. The molecule has 0 fully saturated rings. The number of carbonyl (C=O) groups excluding carboxylic acids is 1. The predicted octanol–water partition coefficient (Wildman–Crippen LogP) is 4.04. The second-order valence-electron chi connectivity index (χ2n) is 6.15. The number of hydrogen-bond donors (Lipinski definition) is 1. The van der Waals surface area contributed by atoms with Gasteiger partial charge in [0.15, 0.2) is 0 Å². The molecule has 1 heterocycles. The Balaban J connectivity index is 2.05. The first-order chi connectivity index (χ1) is 12.0. The lowest BCUT2D eigenvalue weighted by Crippen LogP contribution is -2.08. The van der Waals surface area contributed by atoms with Crippen LogP contribution in [-0.2, 0) is 11.2 Å². The van der Waals surface area contributed by atoms with E-state index in [1.54, 1.807) is 7.11 Å². The summed E-state index contributed by atoms with van der Waals surface area (Å²) in [4.78, 5) is 14.4. The second-order valence-corrected chi connectivity index (χ2v) is 6.53. The van der Waals surface area contributed by atoms with Crippen molar-refractivity contribution in [3.05, 3.63) is 53.1 Å². The van der Waals surface area contributed by atoms with Crippen LogP contribution in [0.4, 0.5) is 11.4 Å². The number of amides is 1. The molecule has 0 unspecified atom stereocenters. The van der Waals surface area contributed by atoms with Gasteiger partial charge in [0.25, 0.3) is 5.91 Å². The number of rotatable bonds is 5. The molecular formula is C20H21ClN2O2. The Hall–Kier alpha value is -2.46. The maximum absolute atomic E-state index is 12.4. The normalized spacial score (nSPS) is 14.4. The minimum absolute atomic E-state index is 0.100. The number of methoxy groups -OCH3 is 1. The zero-order chi connectivity index (χ0) is 18.0. The smallest absolute Gasteiger partial charge is 0.256 e. The largest absolute Gasteiger partial charge is 0.496 e. The third kappa shape index (κ3) is 3.49. The second kappa shape index (κ2) is 7.19. The first-order valence-electron chi connectivity index (χ1n) is 8.11. The summed E-state index contributed by atoms with van der Waals surface area (Å²) in [5, 5.41) is 2.91. The predicted molar refractivity (Wildman–Crippen MR) is 105 cm³/mol. The lowest BCUT2D eigenvalue weighted by Gasteiger charge is -2.15. The Labute approximate surface area is 153 Å². The zero-order valence-electron chi connectivity index (χ0n) is 14.6. The number of aryl methyl sites for hydroxylation is 1. The van der Waals surface area contributed by atoms with Gasteiger partial charge in [-0.15, -0.1) is 11.6 Å². The van der Waals surface area contributed by atoms with Crippen LogP contribution in [0.2, 0.25) is 0 Å². The van der Waals surface area contributed by atoms with Crippen molar-refractivity contribution in [2.75, 3.05) is 37.3 Å². The van der Waals surface area contributed by atoms with E-state index >= 15 is 0 Å². The van der Waals surface area contributed by atoms with Crippen LogP contribution in [0.1, 0.15) is 16.7 Å². The average Bonchev–Trinajstić information content (AvgIpc) is 2.90. The standard InChI is InChI=1S/C20H21ClN2O2/c1-23(2)15-6-5-14(19(12-15)25-3)11-17-16-10-13(8-9-21)4-7-18(16)22-20(17)24/h4-7,10-12H,8-9H2,1-3H3,(H,22,24). The van der Waals surface area contributed by atoms with E-state index in [1.807, 2.05) is 61.5 Å². The number of hydrogen-bond acceptors (Lipinski definition) is 3. The fraction of sp³-hybridized carbons (Fsp3) is 0.250. The number of carbonyl (C=O) groups is 1. The molecule has 0 saturated heterocycles.